The standard InChI is InChI=1S/C22H28Cl2N4O/c1-28-12-18(17-10-15(23)11-20(24)19(17)13-28)14-5-7-16(8-6-14)27-22(29)21(26)4-2-3-9-25/h5-8,10-11,18,21H,2-4,9,12-13,25-26H2,1H3,(H,27,29). The van der Waals surface area contributed by atoms with Crippen LogP contribution < -0.4 is 16.8 Å². The van der Waals surface area contributed by atoms with Crippen molar-refractivity contribution in [2.24, 2.45) is 11.5 Å². The summed E-state index contributed by atoms with van der Waals surface area (Å²) in [7, 11) is 2.08. The molecule has 0 fully saturated rings. The summed E-state index contributed by atoms with van der Waals surface area (Å²) < 4.78 is 0. The Morgan fingerprint density at radius 3 is 2.66 bits per heavy atom. The molecule has 29 heavy (non-hydrogen) atoms. The van der Waals surface area contributed by atoms with Crippen LogP contribution in [0.2, 0.25) is 10.0 Å². The van der Waals surface area contributed by atoms with Crippen LogP contribution in [-0.2, 0) is 11.3 Å². The van der Waals surface area contributed by atoms with Crippen LogP contribution in [0.15, 0.2) is 36.4 Å². The van der Waals surface area contributed by atoms with Crippen LogP contribution in [0.3, 0.4) is 0 Å². The molecule has 5 nitrogen and oxygen atoms in total. The van der Waals surface area contributed by atoms with Crippen molar-refractivity contribution in [3.63, 3.8) is 0 Å². The Hall–Kier alpha value is -1.63. The molecule has 2 atom stereocenters. The van der Waals surface area contributed by atoms with Gasteiger partial charge in [-0.3, -0.25) is 4.79 Å². The fraction of sp³-hybridized carbons (Fsp3) is 0.409. The number of fused-ring (bicyclic) bond motifs is 1. The van der Waals surface area contributed by atoms with Gasteiger partial charge in [0, 0.05) is 34.7 Å². The lowest BCUT2D eigenvalue weighted by Gasteiger charge is -2.33. The minimum Gasteiger partial charge on any atom is -0.330 e. The number of rotatable bonds is 7. The average Bonchev–Trinajstić information content (AvgIpc) is 2.69. The monoisotopic (exact) mass is 434 g/mol. The summed E-state index contributed by atoms with van der Waals surface area (Å²) in [6.45, 7) is 2.30. The maximum Gasteiger partial charge on any atom is 0.241 e. The molecule has 0 spiro atoms. The smallest absolute Gasteiger partial charge is 0.241 e. The van der Waals surface area contributed by atoms with Gasteiger partial charge < -0.3 is 21.7 Å². The molecule has 1 heterocycles. The molecule has 0 saturated carbocycles. The van der Waals surface area contributed by atoms with Gasteiger partial charge in [0.15, 0.2) is 0 Å². The van der Waals surface area contributed by atoms with Crippen molar-refractivity contribution in [2.45, 2.75) is 37.8 Å². The Morgan fingerprint density at radius 1 is 1.24 bits per heavy atom. The molecule has 3 rings (SSSR count). The Balaban J connectivity index is 1.73. The van der Waals surface area contributed by atoms with E-state index in [-0.39, 0.29) is 11.8 Å². The molecule has 0 bridgehead atoms. The molecule has 2 aromatic carbocycles. The van der Waals surface area contributed by atoms with Gasteiger partial charge in [-0.05, 0) is 67.4 Å². The molecule has 2 aromatic rings. The van der Waals surface area contributed by atoms with E-state index in [1.807, 2.05) is 30.3 Å². The topological polar surface area (TPSA) is 84.4 Å². The number of nitrogens with two attached hydrogens (primary N) is 2. The Kier molecular flexibility index (Phi) is 7.55. The summed E-state index contributed by atoms with van der Waals surface area (Å²) in [6.07, 6.45) is 2.36. The molecule has 1 aliphatic rings. The summed E-state index contributed by atoms with van der Waals surface area (Å²) in [5, 5.41) is 4.25. The first-order valence-electron chi connectivity index (χ1n) is 9.92. The van der Waals surface area contributed by atoms with Gasteiger partial charge in [0.25, 0.3) is 0 Å². The maximum absolute atomic E-state index is 12.3. The largest absolute Gasteiger partial charge is 0.330 e. The lowest BCUT2D eigenvalue weighted by atomic mass is 9.84. The number of amides is 1. The fourth-order valence-corrected chi connectivity index (χ4v) is 4.37. The molecular weight excluding hydrogens is 407 g/mol. The number of nitrogens with zero attached hydrogens (tertiary/aromatic N) is 1. The van der Waals surface area contributed by atoms with Crippen molar-refractivity contribution >= 4 is 34.8 Å². The number of halogens is 2. The van der Waals surface area contributed by atoms with Crippen LogP contribution in [0.5, 0.6) is 0 Å². The summed E-state index contributed by atoms with van der Waals surface area (Å²) in [5.74, 6) is -0.000647. The van der Waals surface area contributed by atoms with Gasteiger partial charge in [-0.1, -0.05) is 41.8 Å². The average molecular weight is 435 g/mol. The third-order valence-corrected chi connectivity index (χ3v) is 5.93. The highest BCUT2D eigenvalue weighted by atomic mass is 35.5. The molecule has 0 aromatic heterocycles. The highest BCUT2D eigenvalue weighted by Crippen LogP contribution is 2.38. The maximum atomic E-state index is 12.3. The molecular formula is C22H28Cl2N4O. The summed E-state index contributed by atoms with van der Waals surface area (Å²) in [5.41, 5.74) is 15.6. The van der Waals surface area contributed by atoms with Gasteiger partial charge in [-0.2, -0.15) is 0 Å². The fourth-order valence-electron chi connectivity index (χ4n) is 3.80. The number of benzene rings is 2. The van der Waals surface area contributed by atoms with E-state index < -0.39 is 6.04 Å². The van der Waals surface area contributed by atoms with E-state index in [4.69, 9.17) is 34.7 Å². The SMILES string of the molecule is CN1Cc2c(Cl)cc(Cl)cc2C(c2ccc(NC(=O)C(N)CCCCN)cc2)C1. The number of hydrogen-bond donors (Lipinski definition) is 3. The van der Waals surface area contributed by atoms with E-state index in [2.05, 4.69) is 17.3 Å². The van der Waals surface area contributed by atoms with Gasteiger partial charge in [0.05, 0.1) is 6.04 Å². The second-order valence-electron chi connectivity index (χ2n) is 7.71. The first kappa shape index (κ1) is 22.1. The van der Waals surface area contributed by atoms with Crippen LogP contribution in [-0.4, -0.2) is 37.0 Å². The highest BCUT2D eigenvalue weighted by molar-refractivity contribution is 6.35. The molecule has 2 unspecified atom stereocenters. The zero-order valence-electron chi connectivity index (χ0n) is 16.6. The lowest BCUT2D eigenvalue weighted by molar-refractivity contribution is -0.117. The van der Waals surface area contributed by atoms with Crippen molar-refractivity contribution in [3.05, 3.63) is 63.1 Å². The van der Waals surface area contributed by atoms with E-state index in [1.54, 1.807) is 6.07 Å². The molecule has 0 aliphatic carbocycles. The van der Waals surface area contributed by atoms with E-state index in [9.17, 15) is 4.79 Å². The van der Waals surface area contributed by atoms with Crippen molar-refractivity contribution in [3.8, 4) is 0 Å². The third kappa shape index (κ3) is 5.50. The van der Waals surface area contributed by atoms with Crippen molar-refractivity contribution < 1.29 is 4.79 Å². The van der Waals surface area contributed by atoms with Gasteiger partial charge in [0.1, 0.15) is 0 Å². The van der Waals surface area contributed by atoms with E-state index in [1.165, 1.54) is 5.56 Å². The number of unbranched alkanes of at least 4 members (excludes halogenated alkanes) is 1. The van der Waals surface area contributed by atoms with Crippen LogP contribution >= 0.6 is 23.2 Å². The minimum absolute atomic E-state index is 0.170. The van der Waals surface area contributed by atoms with Crippen molar-refractivity contribution in [1.29, 1.82) is 0 Å². The van der Waals surface area contributed by atoms with Crippen LogP contribution in [0.25, 0.3) is 0 Å². The zero-order chi connectivity index (χ0) is 21.0. The van der Waals surface area contributed by atoms with E-state index >= 15 is 0 Å². The second-order valence-corrected chi connectivity index (χ2v) is 8.55. The number of carbonyl (C=O) groups excluding carboxylic acids is 1. The van der Waals surface area contributed by atoms with Crippen LogP contribution in [0.1, 0.15) is 41.9 Å². The van der Waals surface area contributed by atoms with Gasteiger partial charge in [-0.25, -0.2) is 0 Å². The predicted molar refractivity (Wildman–Crippen MR) is 121 cm³/mol. The van der Waals surface area contributed by atoms with Crippen LogP contribution in [0.4, 0.5) is 5.69 Å². The number of nitrogens with one attached hydrogen (secondary N) is 1. The third-order valence-electron chi connectivity index (χ3n) is 5.38. The normalized spacial score (nSPS) is 17.6. The number of hydrogen-bond acceptors (Lipinski definition) is 4. The predicted octanol–water partition coefficient (Wildman–Crippen LogP) is 3.97. The first-order valence-corrected chi connectivity index (χ1v) is 10.7. The molecule has 0 radical (unpaired) electrons. The summed E-state index contributed by atoms with van der Waals surface area (Å²) >= 11 is 12.7. The Labute approximate surface area is 182 Å². The highest BCUT2D eigenvalue weighted by Gasteiger charge is 2.27. The van der Waals surface area contributed by atoms with Gasteiger partial charge >= 0.3 is 0 Å². The molecule has 1 aliphatic heterocycles. The molecule has 5 N–H and O–H groups in total. The van der Waals surface area contributed by atoms with Crippen LogP contribution in [0, 0.1) is 0 Å². The van der Waals surface area contributed by atoms with E-state index in [0.29, 0.717) is 23.0 Å². The lowest BCUT2D eigenvalue weighted by Crippen LogP contribution is -2.35. The quantitative estimate of drug-likeness (QED) is 0.575. The summed E-state index contributed by atoms with van der Waals surface area (Å²) in [6, 6.07) is 11.2. The zero-order valence-corrected chi connectivity index (χ0v) is 18.1. The Morgan fingerprint density at radius 2 is 1.97 bits per heavy atom. The first-order chi connectivity index (χ1) is 13.9. The van der Waals surface area contributed by atoms with Gasteiger partial charge in [0.2, 0.25) is 5.91 Å². The molecule has 1 amide bonds. The molecule has 0 saturated heterocycles. The number of anilines is 1. The molecule has 156 valence electrons. The van der Waals surface area contributed by atoms with Crippen molar-refractivity contribution in [1.82, 2.24) is 4.90 Å². The second kappa shape index (κ2) is 9.92. The number of likely N-dealkylation sites (N-methyl/N-ethyl adjacent to an activating group) is 1. The van der Waals surface area contributed by atoms with Crippen molar-refractivity contribution in [2.75, 3.05) is 25.5 Å². The molecule has 7 heteroatoms. The van der Waals surface area contributed by atoms with E-state index in [0.717, 1.165) is 42.7 Å². The minimum atomic E-state index is -0.524. The Bertz CT molecular complexity index is 857. The van der Waals surface area contributed by atoms with Gasteiger partial charge in [-0.15, -0.1) is 0 Å². The number of carbonyl (C=O) groups is 1. The summed E-state index contributed by atoms with van der Waals surface area (Å²) in [4.78, 5) is 14.5.